The average molecular weight is 350 g/mol. The van der Waals surface area contributed by atoms with Crippen molar-refractivity contribution in [3.8, 4) is 17.3 Å². The highest BCUT2D eigenvalue weighted by atomic mass is 35.5. The zero-order valence-corrected chi connectivity index (χ0v) is 13.4. The van der Waals surface area contributed by atoms with E-state index in [0.29, 0.717) is 5.56 Å². The van der Waals surface area contributed by atoms with Gasteiger partial charge in [-0.05, 0) is 11.4 Å². The fourth-order valence-electron chi connectivity index (χ4n) is 1.96. The molecule has 0 atom stereocenters. The fourth-order valence-corrected chi connectivity index (χ4v) is 4.82. The number of rotatable bonds is 3. The van der Waals surface area contributed by atoms with Crippen molar-refractivity contribution in [2.45, 2.75) is 4.21 Å². The number of hydrogen-bond acceptors (Lipinski definition) is 5. The summed E-state index contributed by atoms with van der Waals surface area (Å²) < 4.78 is 26.2. The number of hydrogen-bond donors (Lipinski definition) is 0. The second-order valence-corrected chi connectivity index (χ2v) is 7.57. The molecule has 0 amide bonds. The van der Waals surface area contributed by atoms with Crippen LogP contribution in [-0.4, -0.2) is 17.4 Å². The molecule has 2 heterocycles. The van der Waals surface area contributed by atoms with Crippen molar-refractivity contribution < 1.29 is 8.42 Å². The van der Waals surface area contributed by atoms with E-state index in [1.165, 1.54) is 6.07 Å². The Bertz CT molecular complexity index is 956. The summed E-state index contributed by atoms with van der Waals surface area (Å²) in [5.74, 6) is -0.266. The second kappa shape index (κ2) is 5.57. The monoisotopic (exact) mass is 349 g/mol. The molecule has 0 aliphatic rings. The lowest BCUT2D eigenvalue weighted by molar-refractivity contribution is 0.589. The molecule has 22 heavy (non-hydrogen) atoms. The summed E-state index contributed by atoms with van der Waals surface area (Å²) in [4.78, 5) is 4.07. The smallest absolute Gasteiger partial charge is 0.216 e. The lowest BCUT2D eigenvalue weighted by Crippen LogP contribution is -2.13. The topological polar surface area (TPSA) is 75.8 Å². The predicted molar refractivity (Wildman–Crippen MR) is 84.3 cm³/mol. The number of imidazole rings is 1. The van der Waals surface area contributed by atoms with Gasteiger partial charge in [-0.1, -0.05) is 48.0 Å². The molecule has 0 bridgehead atoms. The molecule has 3 aromatic rings. The summed E-state index contributed by atoms with van der Waals surface area (Å²) in [6.07, 6.45) is 0. The van der Waals surface area contributed by atoms with Gasteiger partial charge in [-0.3, -0.25) is 0 Å². The molecule has 0 saturated carbocycles. The van der Waals surface area contributed by atoms with Gasteiger partial charge in [0.1, 0.15) is 16.0 Å². The van der Waals surface area contributed by atoms with Gasteiger partial charge in [-0.2, -0.15) is 17.7 Å². The number of aromatic nitrogens is 2. The molecule has 0 aliphatic carbocycles. The van der Waals surface area contributed by atoms with E-state index in [-0.39, 0.29) is 20.9 Å². The molecule has 5 nitrogen and oxygen atoms in total. The minimum absolute atomic E-state index is 0.0999. The summed E-state index contributed by atoms with van der Waals surface area (Å²) in [6.45, 7) is 0. The maximum Gasteiger partial charge on any atom is 0.280 e. The van der Waals surface area contributed by atoms with Gasteiger partial charge in [0.25, 0.3) is 10.0 Å². The van der Waals surface area contributed by atoms with Crippen molar-refractivity contribution in [3.05, 3.63) is 58.8 Å². The van der Waals surface area contributed by atoms with Crippen molar-refractivity contribution >= 4 is 33.0 Å². The highest BCUT2D eigenvalue weighted by Crippen LogP contribution is 2.32. The van der Waals surface area contributed by atoms with Crippen LogP contribution in [0.5, 0.6) is 0 Å². The Morgan fingerprint density at radius 1 is 1.18 bits per heavy atom. The molecule has 0 spiro atoms. The predicted octanol–water partition coefficient (Wildman–Crippen LogP) is 3.37. The van der Waals surface area contributed by atoms with Gasteiger partial charge in [-0.25, -0.2) is 4.98 Å². The molecule has 0 fully saturated rings. The Morgan fingerprint density at radius 3 is 2.50 bits per heavy atom. The standard InChI is InChI=1S/C14H8ClN3O2S2/c15-14-13(10-5-2-1-3-6-10)17-11(9-16)18(14)22(19,20)12-7-4-8-21-12/h1-8H. The first-order valence-corrected chi connectivity index (χ1v) is 8.78. The van der Waals surface area contributed by atoms with Crippen LogP contribution in [0.25, 0.3) is 11.3 Å². The maximum absolute atomic E-state index is 12.6. The fraction of sp³-hybridized carbons (Fsp3) is 0. The van der Waals surface area contributed by atoms with E-state index in [2.05, 4.69) is 4.98 Å². The van der Waals surface area contributed by atoms with Crippen LogP contribution in [0.15, 0.2) is 52.1 Å². The molecule has 110 valence electrons. The zero-order chi connectivity index (χ0) is 15.7. The van der Waals surface area contributed by atoms with Gasteiger partial charge >= 0.3 is 0 Å². The van der Waals surface area contributed by atoms with E-state index in [1.807, 2.05) is 6.07 Å². The quantitative estimate of drug-likeness (QED) is 0.726. The van der Waals surface area contributed by atoms with Crippen molar-refractivity contribution in [1.29, 1.82) is 5.26 Å². The largest absolute Gasteiger partial charge is 0.280 e. The minimum atomic E-state index is -3.94. The molecule has 0 unspecified atom stereocenters. The van der Waals surface area contributed by atoms with Gasteiger partial charge < -0.3 is 0 Å². The van der Waals surface area contributed by atoms with E-state index in [9.17, 15) is 13.7 Å². The van der Waals surface area contributed by atoms with Crippen LogP contribution < -0.4 is 0 Å². The van der Waals surface area contributed by atoms with Gasteiger partial charge in [-0.15, -0.1) is 11.3 Å². The van der Waals surface area contributed by atoms with Crippen LogP contribution in [0.1, 0.15) is 5.82 Å². The van der Waals surface area contributed by atoms with Crippen LogP contribution in [0.4, 0.5) is 0 Å². The van der Waals surface area contributed by atoms with Crippen LogP contribution in [-0.2, 0) is 10.0 Å². The van der Waals surface area contributed by atoms with Crippen molar-refractivity contribution in [1.82, 2.24) is 8.96 Å². The van der Waals surface area contributed by atoms with Crippen LogP contribution >= 0.6 is 22.9 Å². The van der Waals surface area contributed by atoms with Crippen LogP contribution in [0.3, 0.4) is 0 Å². The lowest BCUT2D eigenvalue weighted by atomic mass is 10.2. The van der Waals surface area contributed by atoms with E-state index < -0.39 is 10.0 Å². The third-order valence-electron chi connectivity index (χ3n) is 2.92. The summed E-state index contributed by atoms with van der Waals surface area (Å²) in [5.41, 5.74) is 0.906. The molecule has 8 heteroatoms. The molecule has 0 aliphatic heterocycles. The molecule has 0 N–H and O–H groups in total. The number of thiophene rings is 1. The van der Waals surface area contributed by atoms with Crippen molar-refractivity contribution in [2.75, 3.05) is 0 Å². The first kappa shape index (κ1) is 14.8. The molecular weight excluding hydrogens is 342 g/mol. The van der Waals surface area contributed by atoms with E-state index in [1.54, 1.807) is 41.8 Å². The number of nitriles is 1. The molecule has 2 aromatic heterocycles. The Morgan fingerprint density at radius 2 is 1.91 bits per heavy atom. The average Bonchev–Trinajstić information content (AvgIpc) is 3.16. The Hall–Kier alpha value is -2.14. The molecule has 0 saturated heterocycles. The summed E-state index contributed by atoms with van der Waals surface area (Å²) in [7, 11) is -3.94. The van der Waals surface area contributed by atoms with E-state index in [4.69, 9.17) is 11.6 Å². The van der Waals surface area contributed by atoms with Gasteiger partial charge in [0.15, 0.2) is 5.15 Å². The zero-order valence-electron chi connectivity index (χ0n) is 11.0. The van der Waals surface area contributed by atoms with E-state index in [0.717, 1.165) is 15.3 Å². The summed E-state index contributed by atoms with van der Waals surface area (Å²) >= 11 is 7.27. The van der Waals surface area contributed by atoms with E-state index >= 15 is 0 Å². The first-order valence-electron chi connectivity index (χ1n) is 6.08. The van der Waals surface area contributed by atoms with Crippen molar-refractivity contribution in [2.24, 2.45) is 0 Å². The second-order valence-electron chi connectivity index (χ2n) is 4.25. The normalized spacial score (nSPS) is 11.3. The Kier molecular flexibility index (Phi) is 3.74. The molecule has 1 aromatic carbocycles. The first-order chi connectivity index (χ1) is 10.6. The number of benzene rings is 1. The van der Waals surface area contributed by atoms with Gasteiger partial charge in [0, 0.05) is 5.56 Å². The third kappa shape index (κ3) is 2.31. The SMILES string of the molecule is N#Cc1nc(-c2ccccc2)c(Cl)n1S(=O)(=O)c1cccs1. The summed E-state index contributed by atoms with van der Waals surface area (Å²) in [6, 6.07) is 13.7. The number of halogens is 1. The molecular formula is C14H8ClN3O2S2. The van der Waals surface area contributed by atoms with Crippen LogP contribution in [0, 0.1) is 11.3 Å². The summed E-state index contributed by atoms with van der Waals surface area (Å²) in [5, 5.41) is 10.8. The highest BCUT2D eigenvalue weighted by molar-refractivity contribution is 7.92. The third-order valence-corrected chi connectivity index (χ3v) is 6.43. The van der Waals surface area contributed by atoms with Crippen molar-refractivity contribution in [3.63, 3.8) is 0 Å². The Balaban J connectivity index is 2.27. The molecule has 0 radical (unpaired) electrons. The highest BCUT2D eigenvalue weighted by Gasteiger charge is 2.28. The minimum Gasteiger partial charge on any atom is -0.216 e. The van der Waals surface area contributed by atoms with Gasteiger partial charge in [0.05, 0.1) is 0 Å². The van der Waals surface area contributed by atoms with Gasteiger partial charge in [0.2, 0.25) is 5.82 Å². The molecule has 3 rings (SSSR count). The Labute approximate surface area is 136 Å². The lowest BCUT2D eigenvalue weighted by Gasteiger charge is -2.05. The maximum atomic E-state index is 12.6. The number of nitrogens with zero attached hydrogens (tertiary/aromatic N) is 3. The van der Waals surface area contributed by atoms with Crippen LogP contribution in [0.2, 0.25) is 5.15 Å².